The quantitative estimate of drug-likeness (QED) is 0.810. The summed E-state index contributed by atoms with van der Waals surface area (Å²) in [5.74, 6) is 1.71. The number of rotatable bonds is 2. The lowest BCUT2D eigenvalue weighted by molar-refractivity contribution is 0.0732. The molecule has 6 heteroatoms. The van der Waals surface area contributed by atoms with E-state index in [1.54, 1.807) is 0 Å². The summed E-state index contributed by atoms with van der Waals surface area (Å²) in [5, 5.41) is 0. The zero-order valence-corrected chi connectivity index (χ0v) is 15.1. The number of nitrogens with zero attached hydrogens (tertiary/aromatic N) is 4. The van der Waals surface area contributed by atoms with E-state index < -0.39 is 0 Å². The number of carbonyl (C=O) groups is 1. The molecule has 1 aliphatic heterocycles. The van der Waals surface area contributed by atoms with Crippen LogP contribution >= 0.6 is 15.9 Å². The van der Waals surface area contributed by atoms with Gasteiger partial charge in [0.05, 0.1) is 17.8 Å². The number of halogens is 1. The third kappa shape index (κ3) is 3.08. The highest BCUT2D eigenvalue weighted by Crippen LogP contribution is 2.27. The number of fused-ring (bicyclic) bond motifs is 1. The first kappa shape index (κ1) is 15.9. The number of benzene rings is 1. The zero-order valence-electron chi connectivity index (χ0n) is 13.5. The van der Waals surface area contributed by atoms with Gasteiger partial charge in [-0.25, -0.2) is 9.97 Å². The van der Waals surface area contributed by atoms with Gasteiger partial charge in [0.1, 0.15) is 11.6 Å². The maximum absolute atomic E-state index is 12.8. The van der Waals surface area contributed by atoms with Gasteiger partial charge in [-0.05, 0) is 35.0 Å². The van der Waals surface area contributed by atoms with E-state index in [-0.39, 0.29) is 5.91 Å². The Kier molecular flexibility index (Phi) is 4.35. The third-order valence-corrected chi connectivity index (χ3v) is 4.66. The molecule has 1 aromatic carbocycles. The Morgan fingerprint density at radius 1 is 1.26 bits per heavy atom. The second kappa shape index (κ2) is 6.28. The van der Waals surface area contributed by atoms with Crippen LogP contribution in [-0.2, 0) is 13.0 Å². The molecule has 3 rings (SSSR count). The Hall–Kier alpha value is -1.95. The van der Waals surface area contributed by atoms with Crippen molar-refractivity contribution in [2.24, 2.45) is 0 Å². The van der Waals surface area contributed by atoms with Crippen LogP contribution in [0.3, 0.4) is 0 Å². The Labute approximate surface area is 144 Å². The molecular weight excluding hydrogens is 356 g/mol. The molecule has 2 aromatic rings. The number of hydrogen-bond acceptors (Lipinski definition) is 4. The van der Waals surface area contributed by atoms with Crippen LogP contribution < -0.4 is 4.90 Å². The minimum absolute atomic E-state index is 0.0356. The van der Waals surface area contributed by atoms with Gasteiger partial charge < -0.3 is 9.80 Å². The third-order valence-electron chi connectivity index (χ3n) is 3.97. The molecule has 1 amide bonds. The van der Waals surface area contributed by atoms with E-state index in [0.29, 0.717) is 18.7 Å². The van der Waals surface area contributed by atoms with Crippen molar-refractivity contribution in [2.75, 3.05) is 25.5 Å². The van der Waals surface area contributed by atoms with E-state index in [1.807, 2.05) is 55.1 Å². The van der Waals surface area contributed by atoms with Crippen molar-refractivity contribution >= 4 is 27.7 Å². The molecule has 23 heavy (non-hydrogen) atoms. The number of anilines is 1. The Balaban J connectivity index is 1.94. The van der Waals surface area contributed by atoms with Crippen molar-refractivity contribution in [3.8, 4) is 0 Å². The van der Waals surface area contributed by atoms with Gasteiger partial charge in [-0.2, -0.15) is 0 Å². The van der Waals surface area contributed by atoms with Gasteiger partial charge in [0.25, 0.3) is 5.91 Å². The first-order chi connectivity index (χ1) is 11.0. The van der Waals surface area contributed by atoms with E-state index in [0.717, 1.165) is 33.8 Å². The predicted octanol–water partition coefficient (Wildman–Crippen LogP) is 2.81. The Morgan fingerprint density at radius 3 is 2.70 bits per heavy atom. The van der Waals surface area contributed by atoms with E-state index in [4.69, 9.17) is 0 Å². The molecule has 5 nitrogen and oxygen atoms in total. The lowest BCUT2D eigenvalue weighted by Crippen LogP contribution is -2.37. The highest BCUT2D eigenvalue weighted by molar-refractivity contribution is 9.10. The van der Waals surface area contributed by atoms with E-state index in [9.17, 15) is 4.79 Å². The molecule has 0 saturated carbocycles. The average Bonchev–Trinajstić information content (AvgIpc) is 2.53. The summed E-state index contributed by atoms with van der Waals surface area (Å²) in [5.41, 5.74) is 2.79. The summed E-state index contributed by atoms with van der Waals surface area (Å²) in [7, 11) is 3.94. The fraction of sp³-hybridized carbons (Fsp3) is 0.353. The van der Waals surface area contributed by atoms with Gasteiger partial charge >= 0.3 is 0 Å². The van der Waals surface area contributed by atoms with Gasteiger partial charge in [-0.15, -0.1) is 0 Å². The van der Waals surface area contributed by atoms with Crippen LogP contribution in [0.2, 0.25) is 0 Å². The molecule has 2 heterocycles. The minimum Gasteiger partial charge on any atom is -0.362 e. The summed E-state index contributed by atoms with van der Waals surface area (Å²) >= 11 is 3.46. The lowest BCUT2D eigenvalue weighted by atomic mass is 10.0. The molecule has 0 fully saturated rings. The van der Waals surface area contributed by atoms with Crippen molar-refractivity contribution in [3.63, 3.8) is 0 Å². The van der Waals surface area contributed by atoms with Crippen LogP contribution in [0, 0.1) is 6.92 Å². The summed E-state index contributed by atoms with van der Waals surface area (Å²) in [6.07, 6.45) is 0.760. The number of aromatic nitrogens is 2. The van der Waals surface area contributed by atoms with Crippen LogP contribution in [0.4, 0.5) is 5.82 Å². The van der Waals surface area contributed by atoms with Crippen molar-refractivity contribution in [1.29, 1.82) is 0 Å². The largest absolute Gasteiger partial charge is 0.362 e. The standard InChI is InChI=1S/C17H19BrN4O/c1-11-19-15-8-9-22(10-13(15)16(20-11)21(2)3)17(23)12-6-4-5-7-14(12)18/h4-7H,8-10H2,1-3H3. The molecule has 0 bridgehead atoms. The smallest absolute Gasteiger partial charge is 0.255 e. The normalized spacial score (nSPS) is 13.7. The molecule has 0 saturated heterocycles. The Bertz CT molecular complexity index is 760. The first-order valence-corrected chi connectivity index (χ1v) is 8.34. The summed E-state index contributed by atoms with van der Waals surface area (Å²) < 4.78 is 0.823. The number of aryl methyl sites for hydroxylation is 1. The molecule has 0 aliphatic carbocycles. The summed E-state index contributed by atoms with van der Waals surface area (Å²) in [6.45, 7) is 3.13. The second-order valence-electron chi connectivity index (χ2n) is 5.87. The van der Waals surface area contributed by atoms with Crippen molar-refractivity contribution in [1.82, 2.24) is 14.9 Å². The summed E-state index contributed by atoms with van der Waals surface area (Å²) in [4.78, 5) is 25.8. The van der Waals surface area contributed by atoms with Gasteiger partial charge in [0, 0.05) is 37.1 Å². The molecule has 0 radical (unpaired) electrons. The first-order valence-electron chi connectivity index (χ1n) is 7.55. The summed E-state index contributed by atoms with van der Waals surface area (Å²) in [6, 6.07) is 7.53. The van der Waals surface area contributed by atoms with Crippen LogP contribution in [0.1, 0.15) is 27.4 Å². The van der Waals surface area contributed by atoms with Gasteiger partial charge in [-0.3, -0.25) is 4.79 Å². The van der Waals surface area contributed by atoms with Crippen LogP contribution in [0.15, 0.2) is 28.7 Å². The molecule has 1 aromatic heterocycles. The number of carbonyl (C=O) groups excluding carboxylic acids is 1. The van der Waals surface area contributed by atoms with E-state index in [1.165, 1.54) is 0 Å². The van der Waals surface area contributed by atoms with Crippen molar-refractivity contribution in [3.05, 3.63) is 51.4 Å². The lowest BCUT2D eigenvalue weighted by Gasteiger charge is -2.31. The number of amides is 1. The molecular formula is C17H19BrN4O. The van der Waals surface area contributed by atoms with Gasteiger partial charge in [0.15, 0.2) is 0 Å². The predicted molar refractivity (Wildman–Crippen MR) is 93.7 cm³/mol. The Morgan fingerprint density at radius 2 is 2.00 bits per heavy atom. The molecule has 0 unspecified atom stereocenters. The van der Waals surface area contributed by atoms with Crippen molar-refractivity contribution < 1.29 is 4.79 Å². The molecule has 0 N–H and O–H groups in total. The van der Waals surface area contributed by atoms with Crippen LogP contribution in [0.25, 0.3) is 0 Å². The monoisotopic (exact) mass is 374 g/mol. The SMILES string of the molecule is Cc1nc2c(c(N(C)C)n1)CN(C(=O)c1ccccc1Br)CC2. The van der Waals surface area contributed by atoms with E-state index >= 15 is 0 Å². The number of hydrogen-bond donors (Lipinski definition) is 0. The maximum Gasteiger partial charge on any atom is 0.255 e. The molecule has 0 spiro atoms. The second-order valence-corrected chi connectivity index (χ2v) is 6.72. The highest BCUT2D eigenvalue weighted by atomic mass is 79.9. The fourth-order valence-electron chi connectivity index (χ4n) is 2.87. The van der Waals surface area contributed by atoms with Gasteiger partial charge in [-0.1, -0.05) is 12.1 Å². The molecule has 0 atom stereocenters. The maximum atomic E-state index is 12.8. The highest BCUT2D eigenvalue weighted by Gasteiger charge is 2.27. The van der Waals surface area contributed by atoms with Crippen LogP contribution in [-0.4, -0.2) is 41.4 Å². The van der Waals surface area contributed by atoms with Crippen molar-refractivity contribution in [2.45, 2.75) is 19.9 Å². The zero-order chi connectivity index (χ0) is 16.6. The molecule has 1 aliphatic rings. The van der Waals surface area contributed by atoms with Crippen LogP contribution in [0.5, 0.6) is 0 Å². The average molecular weight is 375 g/mol. The fourth-order valence-corrected chi connectivity index (χ4v) is 3.32. The minimum atomic E-state index is 0.0356. The van der Waals surface area contributed by atoms with E-state index in [2.05, 4.69) is 25.9 Å². The molecule has 120 valence electrons. The van der Waals surface area contributed by atoms with Gasteiger partial charge in [0.2, 0.25) is 0 Å². The topological polar surface area (TPSA) is 49.3 Å².